The van der Waals surface area contributed by atoms with Gasteiger partial charge in [0.25, 0.3) is 0 Å². The zero-order valence-corrected chi connectivity index (χ0v) is 11.8. The summed E-state index contributed by atoms with van der Waals surface area (Å²) in [6.07, 6.45) is 1.25. The van der Waals surface area contributed by atoms with Crippen LogP contribution in [0, 0.1) is 5.92 Å². The van der Waals surface area contributed by atoms with Crippen LogP contribution in [0.1, 0.15) is 18.9 Å². The van der Waals surface area contributed by atoms with Crippen molar-refractivity contribution in [3.05, 3.63) is 35.9 Å². The summed E-state index contributed by atoms with van der Waals surface area (Å²) < 4.78 is 0. The third kappa shape index (κ3) is 4.84. The molecule has 0 amide bonds. The van der Waals surface area contributed by atoms with Gasteiger partial charge in [0, 0.05) is 19.1 Å². The maximum absolute atomic E-state index is 5.93. The molecule has 0 unspecified atom stereocenters. The summed E-state index contributed by atoms with van der Waals surface area (Å²) in [5.74, 6) is 0.689. The fourth-order valence-electron chi connectivity index (χ4n) is 2.28. The number of nitrogens with zero attached hydrogens (tertiary/aromatic N) is 1. The van der Waals surface area contributed by atoms with Crippen molar-refractivity contribution in [2.75, 3.05) is 13.1 Å². The Bertz CT molecular complexity index is 304. The molecule has 2 atom stereocenters. The molecule has 2 rings (SSSR count). The number of likely N-dealkylation sites (tertiary alicyclic amines) is 1. The summed E-state index contributed by atoms with van der Waals surface area (Å²) in [6, 6.07) is 11.0. The van der Waals surface area contributed by atoms with E-state index < -0.39 is 0 Å². The molecule has 0 aromatic heterocycles. The molecule has 0 radical (unpaired) electrons. The first-order chi connectivity index (χ1) is 7.25. The molecule has 1 aromatic rings. The van der Waals surface area contributed by atoms with Crippen molar-refractivity contribution in [3.63, 3.8) is 0 Å². The van der Waals surface area contributed by atoms with Crippen molar-refractivity contribution in [2.24, 2.45) is 11.7 Å². The van der Waals surface area contributed by atoms with E-state index in [2.05, 4.69) is 42.2 Å². The fraction of sp³-hybridized carbons (Fsp3) is 0.538. The second-order valence-corrected chi connectivity index (χ2v) is 4.63. The molecule has 2 N–H and O–H groups in total. The first-order valence-corrected chi connectivity index (χ1v) is 5.77. The van der Waals surface area contributed by atoms with E-state index in [0.29, 0.717) is 12.0 Å². The number of halogens is 2. The first-order valence-electron chi connectivity index (χ1n) is 5.77. The lowest BCUT2D eigenvalue weighted by Crippen LogP contribution is -2.29. The molecule has 98 valence electrons. The first kappa shape index (κ1) is 16.7. The van der Waals surface area contributed by atoms with Crippen LogP contribution in [-0.2, 0) is 6.54 Å². The SMILES string of the molecule is C[C@@H](N)[C@@H]1CCN(Cc2ccccc2)C1.Cl.Cl. The summed E-state index contributed by atoms with van der Waals surface area (Å²) in [5.41, 5.74) is 7.33. The van der Waals surface area contributed by atoms with E-state index in [1.807, 2.05) is 0 Å². The Morgan fingerprint density at radius 3 is 2.47 bits per heavy atom. The molecule has 1 heterocycles. The average molecular weight is 277 g/mol. The summed E-state index contributed by atoms with van der Waals surface area (Å²) in [6.45, 7) is 5.55. The van der Waals surface area contributed by atoms with E-state index in [9.17, 15) is 0 Å². The van der Waals surface area contributed by atoms with Gasteiger partial charge in [-0.2, -0.15) is 0 Å². The molecule has 1 aliphatic heterocycles. The molecule has 0 bridgehead atoms. The molecule has 0 aliphatic carbocycles. The summed E-state index contributed by atoms with van der Waals surface area (Å²) >= 11 is 0. The van der Waals surface area contributed by atoms with Crippen molar-refractivity contribution in [3.8, 4) is 0 Å². The van der Waals surface area contributed by atoms with Gasteiger partial charge in [-0.25, -0.2) is 0 Å². The third-order valence-corrected chi connectivity index (χ3v) is 3.30. The summed E-state index contributed by atoms with van der Waals surface area (Å²) in [7, 11) is 0. The highest BCUT2D eigenvalue weighted by Crippen LogP contribution is 2.20. The lowest BCUT2D eigenvalue weighted by molar-refractivity contribution is 0.308. The van der Waals surface area contributed by atoms with E-state index in [1.165, 1.54) is 18.5 Å². The van der Waals surface area contributed by atoms with Gasteiger partial charge in [-0.1, -0.05) is 30.3 Å². The number of nitrogens with two attached hydrogens (primary N) is 1. The quantitative estimate of drug-likeness (QED) is 0.920. The van der Waals surface area contributed by atoms with Gasteiger partial charge in [-0.15, -0.1) is 24.8 Å². The summed E-state index contributed by atoms with van der Waals surface area (Å²) in [4.78, 5) is 2.50. The minimum absolute atomic E-state index is 0. The predicted octanol–water partition coefficient (Wildman–Crippen LogP) is 2.70. The molecule has 0 saturated carbocycles. The Balaban J connectivity index is 0.00000128. The van der Waals surface area contributed by atoms with Crippen LogP contribution in [0.4, 0.5) is 0 Å². The Morgan fingerprint density at radius 1 is 1.29 bits per heavy atom. The second kappa shape index (κ2) is 7.93. The van der Waals surface area contributed by atoms with Gasteiger partial charge < -0.3 is 5.73 Å². The highest BCUT2D eigenvalue weighted by atomic mass is 35.5. The van der Waals surface area contributed by atoms with Crippen LogP contribution in [0.15, 0.2) is 30.3 Å². The molecule has 1 aromatic carbocycles. The molecule has 1 fully saturated rings. The molecule has 0 spiro atoms. The highest BCUT2D eigenvalue weighted by molar-refractivity contribution is 5.85. The van der Waals surface area contributed by atoms with Crippen molar-refractivity contribution in [2.45, 2.75) is 25.9 Å². The van der Waals surface area contributed by atoms with E-state index in [0.717, 1.165) is 13.1 Å². The lowest BCUT2D eigenvalue weighted by atomic mass is 10.0. The van der Waals surface area contributed by atoms with Crippen LogP contribution in [0.3, 0.4) is 0 Å². The predicted molar refractivity (Wildman–Crippen MR) is 78.0 cm³/mol. The van der Waals surface area contributed by atoms with Crippen LogP contribution < -0.4 is 5.73 Å². The molecule has 4 heteroatoms. The van der Waals surface area contributed by atoms with E-state index in [4.69, 9.17) is 5.73 Å². The van der Waals surface area contributed by atoms with Gasteiger partial charge in [0.1, 0.15) is 0 Å². The van der Waals surface area contributed by atoms with Gasteiger partial charge in [0.05, 0.1) is 0 Å². The standard InChI is InChI=1S/C13H20N2.2ClH/c1-11(14)13-7-8-15(10-13)9-12-5-3-2-4-6-12;;/h2-6,11,13H,7-10,14H2,1H3;2*1H/t11-,13-;;/m1../s1. The van der Waals surface area contributed by atoms with Crippen LogP contribution in [-0.4, -0.2) is 24.0 Å². The molecule has 17 heavy (non-hydrogen) atoms. The number of benzene rings is 1. The third-order valence-electron chi connectivity index (χ3n) is 3.30. The van der Waals surface area contributed by atoms with Gasteiger partial charge in [-0.3, -0.25) is 4.90 Å². The van der Waals surface area contributed by atoms with Crippen LogP contribution in [0.25, 0.3) is 0 Å². The Morgan fingerprint density at radius 2 is 1.94 bits per heavy atom. The average Bonchev–Trinajstić information content (AvgIpc) is 2.68. The van der Waals surface area contributed by atoms with Crippen molar-refractivity contribution < 1.29 is 0 Å². The van der Waals surface area contributed by atoms with E-state index in [1.54, 1.807) is 0 Å². The van der Waals surface area contributed by atoms with Gasteiger partial charge >= 0.3 is 0 Å². The van der Waals surface area contributed by atoms with E-state index >= 15 is 0 Å². The second-order valence-electron chi connectivity index (χ2n) is 4.63. The Hall–Kier alpha value is -0.280. The number of hydrogen-bond acceptors (Lipinski definition) is 2. The Labute approximate surface area is 116 Å². The zero-order chi connectivity index (χ0) is 10.7. The molecule has 1 saturated heterocycles. The highest BCUT2D eigenvalue weighted by Gasteiger charge is 2.24. The van der Waals surface area contributed by atoms with Crippen molar-refractivity contribution in [1.29, 1.82) is 0 Å². The normalized spacial score (nSPS) is 21.4. The maximum Gasteiger partial charge on any atom is 0.0233 e. The maximum atomic E-state index is 5.93. The molecule has 2 nitrogen and oxygen atoms in total. The van der Waals surface area contributed by atoms with Crippen LogP contribution >= 0.6 is 24.8 Å². The molecule has 1 aliphatic rings. The minimum atomic E-state index is 0. The summed E-state index contributed by atoms with van der Waals surface area (Å²) in [5, 5.41) is 0. The largest absolute Gasteiger partial charge is 0.328 e. The van der Waals surface area contributed by atoms with Crippen molar-refractivity contribution >= 4 is 24.8 Å². The molecular weight excluding hydrogens is 255 g/mol. The van der Waals surface area contributed by atoms with E-state index in [-0.39, 0.29) is 24.8 Å². The fourth-order valence-corrected chi connectivity index (χ4v) is 2.28. The van der Waals surface area contributed by atoms with Crippen LogP contribution in [0.2, 0.25) is 0 Å². The molecular formula is C13H22Cl2N2. The minimum Gasteiger partial charge on any atom is -0.328 e. The monoisotopic (exact) mass is 276 g/mol. The van der Waals surface area contributed by atoms with Gasteiger partial charge in [0.2, 0.25) is 0 Å². The van der Waals surface area contributed by atoms with Gasteiger partial charge in [0.15, 0.2) is 0 Å². The Kier molecular flexibility index (Phi) is 7.80. The topological polar surface area (TPSA) is 29.3 Å². The zero-order valence-electron chi connectivity index (χ0n) is 10.2. The lowest BCUT2D eigenvalue weighted by Gasteiger charge is -2.17. The number of hydrogen-bond donors (Lipinski definition) is 1. The van der Waals surface area contributed by atoms with Crippen molar-refractivity contribution in [1.82, 2.24) is 4.90 Å². The van der Waals surface area contributed by atoms with Gasteiger partial charge in [-0.05, 0) is 31.4 Å². The number of rotatable bonds is 3. The smallest absolute Gasteiger partial charge is 0.0233 e. The van der Waals surface area contributed by atoms with Crippen LogP contribution in [0.5, 0.6) is 0 Å².